The summed E-state index contributed by atoms with van der Waals surface area (Å²) in [4.78, 5) is 4.74. The van der Waals surface area contributed by atoms with Crippen molar-refractivity contribution in [1.82, 2.24) is 4.98 Å². The number of halogens is 1. The second-order valence-electron chi connectivity index (χ2n) is 3.56. The third-order valence-corrected chi connectivity index (χ3v) is 5.12. The van der Waals surface area contributed by atoms with Crippen LogP contribution in [-0.4, -0.2) is 19.7 Å². The van der Waals surface area contributed by atoms with Gasteiger partial charge in [0.2, 0.25) is 0 Å². The molecule has 0 saturated heterocycles. The summed E-state index contributed by atoms with van der Waals surface area (Å²) in [5.41, 5.74) is 1.81. The minimum atomic E-state index is -3.13. The molecule has 0 saturated carbocycles. The standard InChI is InChI=1S/C11H10BrNO2S2/c1-17(14,15)9-4-2-8(3-5-9)10-7-16-11(6-12)13-10/h2-5,7H,6H2,1H3. The molecule has 0 fully saturated rings. The second-order valence-corrected chi connectivity index (χ2v) is 7.08. The maximum absolute atomic E-state index is 11.3. The number of aromatic nitrogens is 1. The number of hydrogen-bond donors (Lipinski definition) is 0. The summed E-state index contributed by atoms with van der Waals surface area (Å²) in [6.07, 6.45) is 1.20. The van der Waals surface area contributed by atoms with E-state index < -0.39 is 9.84 Å². The van der Waals surface area contributed by atoms with E-state index in [-0.39, 0.29) is 0 Å². The topological polar surface area (TPSA) is 47.0 Å². The number of sulfone groups is 1. The Morgan fingerprint density at radius 1 is 1.29 bits per heavy atom. The van der Waals surface area contributed by atoms with Crippen molar-refractivity contribution in [1.29, 1.82) is 0 Å². The number of hydrogen-bond acceptors (Lipinski definition) is 4. The zero-order chi connectivity index (χ0) is 12.5. The molecule has 3 nitrogen and oxygen atoms in total. The molecule has 0 atom stereocenters. The molecule has 0 unspecified atom stereocenters. The molecule has 2 aromatic rings. The molecule has 0 spiro atoms. The molecule has 0 bridgehead atoms. The quantitative estimate of drug-likeness (QED) is 0.812. The average molecular weight is 332 g/mol. The summed E-state index contributed by atoms with van der Waals surface area (Å²) in [5, 5.41) is 3.71. The lowest BCUT2D eigenvalue weighted by Gasteiger charge is -2.00. The van der Waals surface area contributed by atoms with Gasteiger partial charge in [-0.1, -0.05) is 28.1 Å². The van der Waals surface area contributed by atoms with Crippen LogP contribution < -0.4 is 0 Å². The molecule has 0 aliphatic rings. The summed E-state index contributed by atoms with van der Waals surface area (Å²) >= 11 is 4.93. The van der Waals surface area contributed by atoms with Crippen molar-refractivity contribution in [2.45, 2.75) is 10.2 Å². The molecule has 0 aliphatic heterocycles. The molecule has 90 valence electrons. The van der Waals surface area contributed by atoms with Gasteiger partial charge in [0.25, 0.3) is 0 Å². The van der Waals surface area contributed by atoms with Gasteiger partial charge >= 0.3 is 0 Å². The Balaban J connectivity index is 2.35. The fourth-order valence-electron chi connectivity index (χ4n) is 1.38. The molecule has 6 heteroatoms. The minimum Gasteiger partial charge on any atom is -0.240 e. The van der Waals surface area contributed by atoms with Crippen LogP contribution >= 0.6 is 27.3 Å². The summed E-state index contributed by atoms with van der Waals surface area (Å²) in [6.45, 7) is 0. The van der Waals surface area contributed by atoms with Crippen molar-refractivity contribution in [2.24, 2.45) is 0 Å². The molecule has 1 aromatic carbocycles. The predicted molar refractivity (Wildman–Crippen MR) is 73.3 cm³/mol. The van der Waals surface area contributed by atoms with Gasteiger partial charge < -0.3 is 0 Å². The van der Waals surface area contributed by atoms with Crippen molar-refractivity contribution < 1.29 is 8.42 Å². The molecule has 0 amide bonds. The van der Waals surface area contributed by atoms with E-state index in [0.717, 1.165) is 21.6 Å². The van der Waals surface area contributed by atoms with Crippen LogP contribution in [0.25, 0.3) is 11.3 Å². The zero-order valence-corrected chi connectivity index (χ0v) is 12.3. The van der Waals surface area contributed by atoms with Crippen LogP contribution in [-0.2, 0) is 15.2 Å². The maximum atomic E-state index is 11.3. The first-order chi connectivity index (χ1) is 8.00. The summed E-state index contributed by atoms with van der Waals surface area (Å²) in [7, 11) is -3.13. The predicted octanol–water partition coefficient (Wildman–Crippen LogP) is 3.11. The SMILES string of the molecule is CS(=O)(=O)c1ccc(-c2csc(CBr)n2)cc1. The number of rotatable bonds is 3. The van der Waals surface area contributed by atoms with Crippen LogP contribution in [0.4, 0.5) is 0 Å². The molecule has 0 aliphatic carbocycles. The van der Waals surface area contributed by atoms with Crippen LogP contribution in [0.5, 0.6) is 0 Å². The summed E-state index contributed by atoms with van der Waals surface area (Å²) in [6, 6.07) is 6.78. The molecule has 0 radical (unpaired) electrons. The van der Waals surface area contributed by atoms with Gasteiger partial charge in [-0.2, -0.15) is 0 Å². The fraction of sp³-hybridized carbons (Fsp3) is 0.182. The first kappa shape index (κ1) is 12.7. The van der Waals surface area contributed by atoms with Gasteiger partial charge in [0.1, 0.15) is 5.01 Å². The molecule has 2 rings (SSSR count). The lowest BCUT2D eigenvalue weighted by molar-refractivity contribution is 0.602. The third kappa shape index (κ3) is 2.94. The lowest BCUT2D eigenvalue weighted by Crippen LogP contribution is -1.96. The van der Waals surface area contributed by atoms with Crippen LogP contribution in [0.2, 0.25) is 0 Å². The zero-order valence-electron chi connectivity index (χ0n) is 9.05. The van der Waals surface area contributed by atoms with Crippen molar-refractivity contribution in [3.8, 4) is 11.3 Å². The Labute approximate surface area is 113 Å². The Kier molecular flexibility index (Phi) is 3.65. The van der Waals surface area contributed by atoms with Crippen molar-refractivity contribution in [3.05, 3.63) is 34.7 Å². The van der Waals surface area contributed by atoms with Gasteiger partial charge in [0.05, 0.1) is 15.9 Å². The highest BCUT2D eigenvalue weighted by molar-refractivity contribution is 9.08. The summed E-state index contributed by atoms with van der Waals surface area (Å²) in [5.74, 6) is 0. The van der Waals surface area contributed by atoms with E-state index in [1.165, 1.54) is 6.26 Å². The highest BCUT2D eigenvalue weighted by Crippen LogP contribution is 2.24. The maximum Gasteiger partial charge on any atom is 0.175 e. The van der Waals surface area contributed by atoms with E-state index in [4.69, 9.17) is 0 Å². The number of alkyl halides is 1. The summed E-state index contributed by atoms with van der Waals surface area (Å²) < 4.78 is 22.6. The van der Waals surface area contributed by atoms with E-state index in [9.17, 15) is 8.42 Å². The fourth-order valence-corrected chi connectivity index (χ4v) is 3.18. The Morgan fingerprint density at radius 3 is 2.41 bits per heavy atom. The molecule has 1 heterocycles. The number of thiazole rings is 1. The first-order valence-electron chi connectivity index (χ1n) is 4.81. The van der Waals surface area contributed by atoms with Crippen LogP contribution in [0.1, 0.15) is 5.01 Å². The van der Waals surface area contributed by atoms with Crippen molar-refractivity contribution in [2.75, 3.05) is 6.26 Å². The van der Waals surface area contributed by atoms with E-state index in [0.29, 0.717) is 4.90 Å². The van der Waals surface area contributed by atoms with E-state index >= 15 is 0 Å². The van der Waals surface area contributed by atoms with Crippen molar-refractivity contribution in [3.63, 3.8) is 0 Å². The third-order valence-electron chi connectivity index (χ3n) is 2.24. The highest BCUT2D eigenvalue weighted by Gasteiger charge is 2.08. The van der Waals surface area contributed by atoms with Gasteiger partial charge in [-0.05, 0) is 12.1 Å². The van der Waals surface area contributed by atoms with Gasteiger partial charge in [-0.15, -0.1) is 11.3 Å². The molecule has 0 N–H and O–H groups in total. The normalized spacial score (nSPS) is 11.6. The number of benzene rings is 1. The molecule has 1 aromatic heterocycles. The highest BCUT2D eigenvalue weighted by atomic mass is 79.9. The van der Waals surface area contributed by atoms with E-state index in [1.807, 2.05) is 5.38 Å². The van der Waals surface area contributed by atoms with E-state index in [1.54, 1.807) is 35.6 Å². The minimum absolute atomic E-state index is 0.331. The number of nitrogens with zero attached hydrogens (tertiary/aromatic N) is 1. The van der Waals surface area contributed by atoms with E-state index in [2.05, 4.69) is 20.9 Å². The average Bonchev–Trinajstić information content (AvgIpc) is 2.76. The Morgan fingerprint density at radius 2 is 1.94 bits per heavy atom. The Bertz CT molecular complexity index is 617. The largest absolute Gasteiger partial charge is 0.240 e. The van der Waals surface area contributed by atoms with Crippen molar-refractivity contribution >= 4 is 37.1 Å². The van der Waals surface area contributed by atoms with Crippen LogP contribution in [0.15, 0.2) is 34.5 Å². The smallest absolute Gasteiger partial charge is 0.175 e. The van der Waals surface area contributed by atoms with Gasteiger partial charge in [0, 0.05) is 17.2 Å². The second kappa shape index (κ2) is 4.88. The molecular formula is C11H10BrNO2S2. The van der Waals surface area contributed by atoms with Crippen LogP contribution in [0.3, 0.4) is 0 Å². The lowest BCUT2D eigenvalue weighted by atomic mass is 10.2. The van der Waals surface area contributed by atoms with Gasteiger partial charge in [-0.25, -0.2) is 13.4 Å². The molecule has 17 heavy (non-hydrogen) atoms. The monoisotopic (exact) mass is 331 g/mol. The Hall–Kier alpha value is -0.720. The van der Waals surface area contributed by atoms with Crippen LogP contribution in [0, 0.1) is 0 Å². The first-order valence-corrected chi connectivity index (χ1v) is 8.71. The molecular weight excluding hydrogens is 322 g/mol. The van der Waals surface area contributed by atoms with Gasteiger partial charge in [-0.3, -0.25) is 0 Å². The van der Waals surface area contributed by atoms with Gasteiger partial charge in [0.15, 0.2) is 9.84 Å².